The fourth-order valence-electron chi connectivity index (χ4n) is 2.74. The predicted octanol–water partition coefficient (Wildman–Crippen LogP) is 3.28. The predicted molar refractivity (Wildman–Crippen MR) is 82.7 cm³/mol. The summed E-state index contributed by atoms with van der Waals surface area (Å²) in [6.07, 6.45) is 1.90. The molecule has 3 heteroatoms. The minimum atomic E-state index is -0.0138. The molecule has 0 saturated carbocycles. The van der Waals surface area contributed by atoms with E-state index < -0.39 is 0 Å². The lowest BCUT2D eigenvalue weighted by Crippen LogP contribution is -2.31. The summed E-state index contributed by atoms with van der Waals surface area (Å²) >= 11 is 0. The summed E-state index contributed by atoms with van der Waals surface area (Å²) in [6.45, 7) is 4.13. The molecule has 20 heavy (non-hydrogen) atoms. The van der Waals surface area contributed by atoms with Crippen LogP contribution in [-0.4, -0.2) is 15.8 Å². The Morgan fingerprint density at radius 3 is 2.65 bits per heavy atom. The quantitative estimate of drug-likeness (QED) is 0.789. The van der Waals surface area contributed by atoms with Crippen molar-refractivity contribution in [2.75, 3.05) is 0 Å². The Morgan fingerprint density at radius 2 is 1.90 bits per heavy atom. The summed E-state index contributed by atoms with van der Waals surface area (Å²) in [4.78, 5) is 0. The number of hydrogen-bond acceptors (Lipinski definition) is 2. The normalized spacial score (nSPS) is 14.3. The minimum Gasteiger partial charge on any atom is -0.326 e. The number of aryl methyl sites for hydroxylation is 1. The van der Waals surface area contributed by atoms with Crippen molar-refractivity contribution < 1.29 is 0 Å². The van der Waals surface area contributed by atoms with Gasteiger partial charge in [-0.25, -0.2) is 0 Å². The van der Waals surface area contributed by atoms with Crippen LogP contribution in [0.15, 0.2) is 54.7 Å². The first-order chi connectivity index (χ1) is 9.66. The Hall–Kier alpha value is -2.13. The Bertz CT molecular complexity index is 728. The van der Waals surface area contributed by atoms with Crippen LogP contribution in [0.1, 0.15) is 24.1 Å². The number of nitrogens with two attached hydrogens (primary N) is 1. The molecule has 3 nitrogen and oxygen atoms in total. The number of para-hydroxylation sites is 1. The maximum Gasteiger partial charge on any atom is 0.0923 e. The third-order valence-electron chi connectivity index (χ3n) is 3.65. The average molecular weight is 265 g/mol. The molecule has 2 N–H and O–H groups in total. The highest BCUT2D eigenvalue weighted by atomic mass is 15.3. The van der Waals surface area contributed by atoms with Crippen molar-refractivity contribution in [3.05, 3.63) is 65.9 Å². The molecule has 2 unspecified atom stereocenters. The van der Waals surface area contributed by atoms with Crippen molar-refractivity contribution in [1.82, 2.24) is 9.78 Å². The first kappa shape index (κ1) is 12.9. The van der Waals surface area contributed by atoms with Crippen molar-refractivity contribution >= 4 is 10.9 Å². The Morgan fingerprint density at radius 1 is 1.10 bits per heavy atom. The third-order valence-corrected chi connectivity index (χ3v) is 3.65. The molecule has 0 saturated heterocycles. The Balaban J connectivity index is 2.16. The molecule has 0 aliphatic carbocycles. The second-order valence-electron chi connectivity index (χ2n) is 5.37. The van der Waals surface area contributed by atoms with E-state index in [9.17, 15) is 0 Å². The van der Waals surface area contributed by atoms with Gasteiger partial charge < -0.3 is 5.73 Å². The van der Waals surface area contributed by atoms with Crippen LogP contribution in [-0.2, 0) is 0 Å². The molecular weight excluding hydrogens is 246 g/mol. The monoisotopic (exact) mass is 265 g/mol. The van der Waals surface area contributed by atoms with Crippen molar-refractivity contribution in [3.63, 3.8) is 0 Å². The number of rotatable bonds is 3. The van der Waals surface area contributed by atoms with Gasteiger partial charge in [0.2, 0.25) is 0 Å². The molecule has 3 rings (SSSR count). The van der Waals surface area contributed by atoms with Crippen LogP contribution >= 0.6 is 0 Å². The van der Waals surface area contributed by atoms with E-state index in [0.29, 0.717) is 0 Å². The highest BCUT2D eigenvalue weighted by Crippen LogP contribution is 2.26. The maximum absolute atomic E-state index is 6.24. The van der Waals surface area contributed by atoms with Crippen LogP contribution in [0.4, 0.5) is 0 Å². The summed E-state index contributed by atoms with van der Waals surface area (Å²) in [6, 6.07) is 16.8. The molecule has 2 atom stereocenters. The SMILES string of the molecule is Cc1cccc(C(C(C)N)n2ncc3ccccc32)c1. The average Bonchev–Trinajstić information content (AvgIpc) is 2.83. The zero-order chi connectivity index (χ0) is 14.1. The van der Waals surface area contributed by atoms with Gasteiger partial charge in [-0.1, -0.05) is 48.0 Å². The molecule has 0 aliphatic rings. The summed E-state index contributed by atoms with van der Waals surface area (Å²) in [5, 5.41) is 5.70. The number of fused-ring (bicyclic) bond motifs is 1. The van der Waals surface area contributed by atoms with Gasteiger partial charge in [0.25, 0.3) is 0 Å². The van der Waals surface area contributed by atoms with E-state index in [1.54, 1.807) is 0 Å². The number of benzene rings is 2. The second-order valence-corrected chi connectivity index (χ2v) is 5.37. The van der Waals surface area contributed by atoms with Gasteiger partial charge in [-0.05, 0) is 25.5 Å². The molecule has 0 amide bonds. The highest BCUT2D eigenvalue weighted by Gasteiger charge is 2.20. The summed E-state index contributed by atoms with van der Waals surface area (Å²) in [5.74, 6) is 0. The van der Waals surface area contributed by atoms with E-state index in [1.807, 2.05) is 29.9 Å². The molecule has 1 aromatic heterocycles. The van der Waals surface area contributed by atoms with Crippen LogP contribution in [0.3, 0.4) is 0 Å². The standard InChI is InChI=1S/C17H19N3/c1-12-6-5-8-14(10-12)17(13(2)18)20-16-9-4-3-7-15(16)11-19-20/h3-11,13,17H,18H2,1-2H3. The van der Waals surface area contributed by atoms with Gasteiger partial charge in [0.1, 0.15) is 0 Å². The summed E-state index contributed by atoms with van der Waals surface area (Å²) < 4.78 is 2.04. The number of hydrogen-bond donors (Lipinski definition) is 1. The van der Waals surface area contributed by atoms with Gasteiger partial charge in [-0.3, -0.25) is 4.68 Å². The smallest absolute Gasteiger partial charge is 0.0923 e. The van der Waals surface area contributed by atoms with Crippen LogP contribution in [0, 0.1) is 6.92 Å². The molecule has 0 radical (unpaired) electrons. The van der Waals surface area contributed by atoms with E-state index in [4.69, 9.17) is 5.73 Å². The van der Waals surface area contributed by atoms with E-state index in [2.05, 4.69) is 48.4 Å². The van der Waals surface area contributed by atoms with Gasteiger partial charge in [0.05, 0.1) is 17.8 Å². The molecule has 102 valence electrons. The number of nitrogens with zero attached hydrogens (tertiary/aromatic N) is 2. The first-order valence-electron chi connectivity index (χ1n) is 6.91. The van der Waals surface area contributed by atoms with E-state index in [-0.39, 0.29) is 12.1 Å². The van der Waals surface area contributed by atoms with E-state index in [1.165, 1.54) is 11.1 Å². The van der Waals surface area contributed by atoms with Gasteiger partial charge in [-0.2, -0.15) is 5.10 Å². The van der Waals surface area contributed by atoms with Gasteiger partial charge in [0, 0.05) is 11.4 Å². The van der Waals surface area contributed by atoms with Gasteiger partial charge >= 0.3 is 0 Å². The minimum absolute atomic E-state index is 0.0138. The molecule has 1 heterocycles. The van der Waals surface area contributed by atoms with Crippen molar-refractivity contribution in [2.24, 2.45) is 5.73 Å². The fourth-order valence-corrected chi connectivity index (χ4v) is 2.74. The molecule has 0 bridgehead atoms. The molecular formula is C17H19N3. The molecule has 0 spiro atoms. The van der Waals surface area contributed by atoms with Crippen molar-refractivity contribution in [2.45, 2.75) is 25.9 Å². The zero-order valence-corrected chi connectivity index (χ0v) is 11.8. The lowest BCUT2D eigenvalue weighted by atomic mass is 9.99. The maximum atomic E-state index is 6.24. The topological polar surface area (TPSA) is 43.8 Å². The number of aromatic nitrogens is 2. The van der Waals surface area contributed by atoms with Crippen LogP contribution in [0.2, 0.25) is 0 Å². The van der Waals surface area contributed by atoms with Gasteiger partial charge in [0.15, 0.2) is 0 Å². The van der Waals surface area contributed by atoms with Crippen LogP contribution < -0.4 is 5.73 Å². The lowest BCUT2D eigenvalue weighted by molar-refractivity contribution is 0.466. The molecule has 0 aliphatic heterocycles. The third kappa shape index (κ3) is 2.21. The second kappa shape index (κ2) is 5.10. The zero-order valence-electron chi connectivity index (χ0n) is 11.8. The molecule has 2 aromatic carbocycles. The fraction of sp³-hybridized carbons (Fsp3) is 0.235. The van der Waals surface area contributed by atoms with Gasteiger partial charge in [-0.15, -0.1) is 0 Å². The lowest BCUT2D eigenvalue weighted by Gasteiger charge is -2.23. The van der Waals surface area contributed by atoms with E-state index >= 15 is 0 Å². The van der Waals surface area contributed by atoms with Crippen LogP contribution in [0.5, 0.6) is 0 Å². The molecule has 0 fully saturated rings. The summed E-state index contributed by atoms with van der Waals surface area (Å²) in [5.41, 5.74) is 9.80. The van der Waals surface area contributed by atoms with Crippen molar-refractivity contribution in [3.8, 4) is 0 Å². The summed E-state index contributed by atoms with van der Waals surface area (Å²) in [7, 11) is 0. The Labute approximate surface area is 119 Å². The van der Waals surface area contributed by atoms with E-state index in [0.717, 1.165) is 10.9 Å². The Kier molecular flexibility index (Phi) is 3.28. The first-order valence-corrected chi connectivity index (χ1v) is 6.91. The highest BCUT2D eigenvalue weighted by molar-refractivity contribution is 5.78. The molecule has 3 aromatic rings. The van der Waals surface area contributed by atoms with Crippen LogP contribution in [0.25, 0.3) is 10.9 Å². The largest absolute Gasteiger partial charge is 0.326 e. The van der Waals surface area contributed by atoms with Crippen molar-refractivity contribution in [1.29, 1.82) is 0 Å².